The summed E-state index contributed by atoms with van der Waals surface area (Å²) in [6.07, 6.45) is 0. The molecule has 0 aliphatic heterocycles. The van der Waals surface area contributed by atoms with Crippen LogP contribution in [-0.4, -0.2) is 0 Å². The Bertz CT molecular complexity index is 566. The maximum atomic E-state index is 13.4. The monoisotopic (exact) mass is 324 g/mol. The van der Waals surface area contributed by atoms with Crippen molar-refractivity contribution in [2.24, 2.45) is 0 Å². The molecular weight excluding hydrogens is 311 g/mol. The van der Waals surface area contributed by atoms with Crippen LogP contribution < -0.4 is 0 Å². The van der Waals surface area contributed by atoms with Crippen LogP contribution in [0, 0.1) is 19.7 Å². The number of aryl methyl sites for hydroxylation is 2. The van der Waals surface area contributed by atoms with Gasteiger partial charge in [0.25, 0.3) is 0 Å². The van der Waals surface area contributed by atoms with Gasteiger partial charge in [-0.05, 0) is 53.0 Å². The van der Waals surface area contributed by atoms with E-state index in [-0.39, 0.29) is 5.82 Å². The van der Waals surface area contributed by atoms with Gasteiger partial charge in [-0.25, -0.2) is 4.39 Å². The zero-order valence-corrected chi connectivity index (χ0v) is 12.7. The minimum Gasteiger partial charge on any atom is -0.206 e. The highest BCUT2D eigenvalue weighted by Gasteiger charge is 2.06. The first-order valence-electron chi connectivity index (χ1n) is 5.71. The van der Waals surface area contributed by atoms with Gasteiger partial charge in [0.05, 0.1) is 4.47 Å². The van der Waals surface area contributed by atoms with Crippen LogP contribution in [0.15, 0.2) is 45.8 Å². The van der Waals surface area contributed by atoms with Crippen LogP contribution in [0.3, 0.4) is 0 Å². The third kappa shape index (κ3) is 3.15. The average Bonchev–Trinajstić information content (AvgIpc) is 2.33. The van der Waals surface area contributed by atoms with Crippen molar-refractivity contribution in [3.63, 3.8) is 0 Å². The van der Waals surface area contributed by atoms with E-state index in [2.05, 4.69) is 48.0 Å². The number of halogens is 2. The summed E-state index contributed by atoms with van der Waals surface area (Å²) in [5.74, 6) is 0.566. The van der Waals surface area contributed by atoms with Crippen molar-refractivity contribution in [2.45, 2.75) is 24.5 Å². The van der Waals surface area contributed by atoms with Crippen molar-refractivity contribution in [3.05, 3.63) is 63.4 Å². The second-order valence-corrected chi connectivity index (χ2v) is 6.08. The molecule has 2 aromatic rings. The number of thioether (sulfide) groups is 1. The zero-order chi connectivity index (χ0) is 13.1. The van der Waals surface area contributed by atoms with Crippen molar-refractivity contribution in [3.8, 4) is 0 Å². The third-order valence-electron chi connectivity index (χ3n) is 2.75. The zero-order valence-electron chi connectivity index (χ0n) is 10.3. The molecule has 0 spiro atoms. The Kier molecular flexibility index (Phi) is 4.46. The van der Waals surface area contributed by atoms with Gasteiger partial charge in [-0.3, -0.25) is 0 Å². The SMILES string of the molecule is Cc1ccc(SCc2cccc(F)c2Br)c(C)c1. The van der Waals surface area contributed by atoms with Crippen LogP contribution in [0.25, 0.3) is 0 Å². The Labute approximate surface area is 120 Å². The summed E-state index contributed by atoms with van der Waals surface area (Å²) in [6, 6.07) is 11.6. The fourth-order valence-corrected chi connectivity index (χ4v) is 3.37. The molecule has 0 aliphatic rings. The number of hydrogen-bond donors (Lipinski definition) is 0. The topological polar surface area (TPSA) is 0 Å². The summed E-state index contributed by atoms with van der Waals surface area (Å²) < 4.78 is 14.0. The van der Waals surface area contributed by atoms with Crippen LogP contribution in [0.2, 0.25) is 0 Å². The van der Waals surface area contributed by atoms with E-state index in [9.17, 15) is 4.39 Å². The van der Waals surface area contributed by atoms with E-state index >= 15 is 0 Å². The minimum atomic E-state index is -0.200. The van der Waals surface area contributed by atoms with Gasteiger partial charge in [0.1, 0.15) is 5.82 Å². The molecular formula is C15H14BrFS. The Morgan fingerprint density at radius 2 is 1.94 bits per heavy atom. The Hall–Kier alpha value is -0.800. The van der Waals surface area contributed by atoms with Crippen LogP contribution in [0.1, 0.15) is 16.7 Å². The van der Waals surface area contributed by atoms with Gasteiger partial charge >= 0.3 is 0 Å². The number of benzene rings is 2. The minimum absolute atomic E-state index is 0.200. The Balaban J connectivity index is 2.14. The van der Waals surface area contributed by atoms with Crippen LogP contribution in [0.5, 0.6) is 0 Å². The number of hydrogen-bond acceptors (Lipinski definition) is 1. The van der Waals surface area contributed by atoms with Crippen molar-refractivity contribution >= 4 is 27.7 Å². The fourth-order valence-electron chi connectivity index (χ4n) is 1.78. The Morgan fingerprint density at radius 3 is 2.67 bits per heavy atom. The molecule has 2 rings (SSSR count). The largest absolute Gasteiger partial charge is 0.206 e. The summed E-state index contributed by atoms with van der Waals surface area (Å²) in [6.45, 7) is 4.20. The van der Waals surface area contributed by atoms with Gasteiger partial charge in [0, 0.05) is 10.6 Å². The lowest BCUT2D eigenvalue weighted by Gasteiger charge is -2.08. The van der Waals surface area contributed by atoms with Gasteiger partial charge < -0.3 is 0 Å². The molecule has 0 atom stereocenters. The van der Waals surface area contributed by atoms with E-state index in [0.717, 1.165) is 11.3 Å². The van der Waals surface area contributed by atoms with Gasteiger partial charge in [-0.15, -0.1) is 11.8 Å². The van der Waals surface area contributed by atoms with Crippen LogP contribution in [-0.2, 0) is 5.75 Å². The maximum absolute atomic E-state index is 13.4. The molecule has 3 heteroatoms. The predicted molar refractivity (Wildman–Crippen MR) is 79.6 cm³/mol. The summed E-state index contributed by atoms with van der Waals surface area (Å²) in [7, 11) is 0. The summed E-state index contributed by atoms with van der Waals surface area (Å²) in [4.78, 5) is 1.25. The van der Waals surface area contributed by atoms with Gasteiger partial charge in [0.2, 0.25) is 0 Å². The molecule has 18 heavy (non-hydrogen) atoms. The Morgan fingerprint density at radius 1 is 1.17 bits per heavy atom. The van der Waals surface area contributed by atoms with E-state index in [1.165, 1.54) is 22.1 Å². The molecule has 0 fully saturated rings. The fraction of sp³-hybridized carbons (Fsp3) is 0.200. The molecule has 0 nitrogen and oxygen atoms in total. The molecule has 0 radical (unpaired) electrons. The average molecular weight is 325 g/mol. The third-order valence-corrected chi connectivity index (χ3v) is 4.86. The lowest BCUT2D eigenvalue weighted by Crippen LogP contribution is -1.88. The molecule has 0 heterocycles. The summed E-state index contributed by atoms with van der Waals surface area (Å²) in [5.41, 5.74) is 3.52. The van der Waals surface area contributed by atoms with Crippen molar-refractivity contribution < 1.29 is 4.39 Å². The summed E-state index contributed by atoms with van der Waals surface area (Å²) in [5, 5.41) is 0. The lowest BCUT2D eigenvalue weighted by molar-refractivity contribution is 0.619. The van der Waals surface area contributed by atoms with E-state index in [1.807, 2.05) is 6.07 Å². The molecule has 0 N–H and O–H groups in total. The first-order chi connectivity index (χ1) is 8.58. The smallest absolute Gasteiger partial charge is 0.137 e. The van der Waals surface area contributed by atoms with E-state index in [0.29, 0.717) is 4.47 Å². The van der Waals surface area contributed by atoms with E-state index in [4.69, 9.17) is 0 Å². The lowest BCUT2D eigenvalue weighted by atomic mass is 10.2. The van der Waals surface area contributed by atoms with Crippen molar-refractivity contribution in [1.29, 1.82) is 0 Å². The van der Waals surface area contributed by atoms with Gasteiger partial charge in [-0.2, -0.15) is 0 Å². The normalized spacial score (nSPS) is 10.7. The highest BCUT2D eigenvalue weighted by molar-refractivity contribution is 9.10. The molecule has 0 bridgehead atoms. The molecule has 94 valence electrons. The predicted octanol–water partition coefficient (Wildman–Crippen LogP) is 5.50. The van der Waals surface area contributed by atoms with Gasteiger partial charge in [-0.1, -0.05) is 29.8 Å². The molecule has 0 aliphatic carbocycles. The van der Waals surface area contributed by atoms with Crippen molar-refractivity contribution in [2.75, 3.05) is 0 Å². The van der Waals surface area contributed by atoms with Crippen LogP contribution in [0.4, 0.5) is 4.39 Å². The second-order valence-electron chi connectivity index (χ2n) is 4.27. The standard InChI is InChI=1S/C15H14BrFS/c1-10-6-7-14(11(2)8-10)18-9-12-4-3-5-13(17)15(12)16/h3-8H,9H2,1-2H3. The van der Waals surface area contributed by atoms with Crippen molar-refractivity contribution in [1.82, 2.24) is 0 Å². The highest BCUT2D eigenvalue weighted by atomic mass is 79.9. The molecule has 0 aromatic heterocycles. The quantitative estimate of drug-likeness (QED) is 0.672. The second kappa shape index (κ2) is 5.89. The number of rotatable bonds is 3. The molecule has 0 saturated heterocycles. The molecule has 0 amide bonds. The maximum Gasteiger partial charge on any atom is 0.137 e. The summed E-state index contributed by atoms with van der Waals surface area (Å²) >= 11 is 5.03. The first-order valence-corrected chi connectivity index (χ1v) is 7.48. The van der Waals surface area contributed by atoms with E-state index in [1.54, 1.807) is 17.8 Å². The first kappa shape index (κ1) is 13.6. The van der Waals surface area contributed by atoms with E-state index < -0.39 is 0 Å². The van der Waals surface area contributed by atoms with Crippen LogP contribution >= 0.6 is 27.7 Å². The molecule has 0 saturated carbocycles. The highest BCUT2D eigenvalue weighted by Crippen LogP contribution is 2.30. The van der Waals surface area contributed by atoms with Gasteiger partial charge in [0.15, 0.2) is 0 Å². The molecule has 0 unspecified atom stereocenters. The molecule has 2 aromatic carbocycles.